The molecular weight excluding hydrogens is 388 g/mol. The fourth-order valence-electron chi connectivity index (χ4n) is 4.47. The second-order valence-corrected chi connectivity index (χ2v) is 8.44. The van der Waals surface area contributed by atoms with Crippen molar-refractivity contribution in [2.24, 2.45) is 5.92 Å². The summed E-state index contributed by atoms with van der Waals surface area (Å²) in [7, 11) is 1.67. The Morgan fingerprint density at radius 1 is 1.24 bits per heavy atom. The molecule has 1 N–H and O–H groups in total. The third-order valence-electron chi connectivity index (χ3n) is 6.17. The van der Waals surface area contributed by atoms with Gasteiger partial charge in [-0.25, -0.2) is 0 Å². The van der Waals surface area contributed by atoms with Crippen LogP contribution < -0.4 is 15.0 Å². The molecule has 1 saturated heterocycles. The van der Waals surface area contributed by atoms with E-state index in [4.69, 9.17) is 21.6 Å². The van der Waals surface area contributed by atoms with Gasteiger partial charge in [0.25, 0.3) is 0 Å². The minimum absolute atomic E-state index is 0.0348. The van der Waals surface area contributed by atoms with Gasteiger partial charge in [-0.2, -0.15) is 5.26 Å². The van der Waals surface area contributed by atoms with Crippen LogP contribution in [0.15, 0.2) is 18.2 Å². The lowest BCUT2D eigenvalue weighted by Gasteiger charge is -2.37. The van der Waals surface area contributed by atoms with Crippen LogP contribution in [0, 0.1) is 17.2 Å². The zero-order chi connectivity index (χ0) is 20.6. The van der Waals surface area contributed by atoms with Crippen molar-refractivity contribution in [3.63, 3.8) is 0 Å². The number of nitriles is 1. The summed E-state index contributed by atoms with van der Waals surface area (Å²) in [6, 6.07) is 8.08. The van der Waals surface area contributed by atoms with Crippen LogP contribution in [-0.2, 0) is 4.79 Å². The standard InChI is InChI=1S/C22H31ClN4O2/c1-29-22-19(23)3-2-4-20(22)27-15-13-26(14-16-27)12-10-17-5-7-18(8-6-17)25-21(28)9-11-24/h2-4,17-18H,5-10,12-16H2,1H3,(H,25,28)/t17-,18-. The van der Waals surface area contributed by atoms with Crippen molar-refractivity contribution < 1.29 is 9.53 Å². The second-order valence-electron chi connectivity index (χ2n) is 8.03. The number of methoxy groups -OCH3 is 1. The first-order chi connectivity index (χ1) is 14.1. The molecule has 2 aliphatic rings. The molecule has 2 fully saturated rings. The van der Waals surface area contributed by atoms with Crippen LogP contribution in [0.1, 0.15) is 38.5 Å². The summed E-state index contributed by atoms with van der Waals surface area (Å²) in [5.41, 5.74) is 1.08. The highest BCUT2D eigenvalue weighted by molar-refractivity contribution is 6.32. The second kappa shape index (κ2) is 10.7. The molecule has 0 unspecified atom stereocenters. The van der Waals surface area contributed by atoms with Gasteiger partial charge < -0.3 is 15.0 Å². The van der Waals surface area contributed by atoms with Gasteiger partial charge in [0.1, 0.15) is 6.42 Å². The SMILES string of the molecule is COc1c(Cl)cccc1N1CCN(CC[C@H]2CC[C@H](NC(=O)CC#N)CC2)CC1. The lowest BCUT2D eigenvalue weighted by atomic mass is 9.84. The summed E-state index contributed by atoms with van der Waals surface area (Å²) in [6.45, 7) is 5.20. The van der Waals surface area contributed by atoms with Crippen molar-refractivity contribution in [3.8, 4) is 11.8 Å². The number of benzene rings is 1. The van der Waals surface area contributed by atoms with Crippen LogP contribution >= 0.6 is 11.6 Å². The van der Waals surface area contributed by atoms with E-state index in [0.717, 1.165) is 75.8 Å². The molecule has 7 heteroatoms. The summed E-state index contributed by atoms with van der Waals surface area (Å²) >= 11 is 6.27. The maximum Gasteiger partial charge on any atom is 0.234 e. The Balaban J connectivity index is 1.38. The van der Waals surface area contributed by atoms with E-state index in [2.05, 4.69) is 21.2 Å². The van der Waals surface area contributed by atoms with Gasteiger partial charge in [0, 0.05) is 32.2 Å². The van der Waals surface area contributed by atoms with Gasteiger partial charge in [-0.3, -0.25) is 9.69 Å². The third kappa shape index (κ3) is 6.01. The molecular formula is C22H31ClN4O2. The number of para-hydroxylation sites is 1. The average molecular weight is 419 g/mol. The van der Waals surface area contributed by atoms with Crippen molar-refractivity contribution >= 4 is 23.2 Å². The van der Waals surface area contributed by atoms with E-state index in [1.165, 1.54) is 6.42 Å². The highest BCUT2D eigenvalue weighted by Gasteiger charge is 2.24. The number of carbonyl (C=O) groups is 1. The molecule has 0 atom stereocenters. The molecule has 0 aromatic heterocycles. The Hall–Kier alpha value is -1.97. The molecule has 29 heavy (non-hydrogen) atoms. The Kier molecular flexibility index (Phi) is 8.02. The van der Waals surface area contributed by atoms with E-state index in [0.29, 0.717) is 5.02 Å². The topological polar surface area (TPSA) is 68.6 Å². The molecule has 1 amide bonds. The molecule has 1 saturated carbocycles. The number of amides is 1. The number of nitrogens with one attached hydrogen (secondary N) is 1. The zero-order valence-electron chi connectivity index (χ0n) is 17.2. The summed E-state index contributed by atoms with van der Waals surface area (Å²) in [4.78, 5) is 16.5. The number of rotatable bonds is 7. The molecule has 3 rings (SSSR count). The Labute approximate surface area is 178 Å². The molecule has 158 valence electrons. The third-order valence-corrected chi connectivity index (χ3v) is 6.47. The maximum absolute atomic E-state index is 11.6. The van der Waals surface area contributed by atoms with E-state index < -0.39 is 0 Å². The van der Waals surface area contributed by atoms with E-state index in [-0.39, 0.29) is 18.4 Å². The first-order valence-corrected chi connectivity index (χ1v) is 10.9. The van der Waals surface area contributed by atoms with Crippen molar-refractivity contribution in [2.75, 3.05) is 44.7 Å². The molecule has 1 heterocycles. The van der Waals surface area contributed by atoms with Gasteiger partial charge in [0.15, 0.2) is 5.75 Å². The Morgan fingerprint density at radius 2 is 1.97 bits per heavy atom. The summed E-state index contributed by atoms with van der Waals surface area (Å²) in [5, 5.41) is 12.2. The highest BCUT2D eigenvalue weighted by Crippen LogP contribution is 2.35. The van der Waals surface area contributed by atoms with E-state index in [1.54, 1.807) is 7.11 Å². The minimum atomic E-state index is -0.134. The predicted molar refractivity (Wildman–Crippen MR) is 115 cm³/mol. The fraction of sp³-hybridized carbons (Fsp3) is 0.636. The molecule has 1 aliphatic heterocycles. The van der Waals surface area contributed by atoms with Crippen LogP contribution in [-0.4, -0.2) is 56.7 Å². The molecule has 6 nitrogen and oxygen atoms in total. The number of nitrogens with zero attached hydrogens (tertiary/aromatic N) is 3. The number of hydrogen-bond donors (Lipinski definition) is 1. The van der Waals surface area contributed by atoms with Crippen molar-refractivity contribution in [1.82, 2.24) is 10.2 Å². The first-order valence-electron chi connectivity index (χ1n) is 10.6. The van der Waals surface area contributed by atoms with Gasteiger partial charge >= 0.3 is 0 Å². The minimum Gasteiger partial charge on any atom is -0.493 e. The number of anilines is 1. The van der Waals surface area contributed by atoms with E-state index >= 15 is 0 Å². The summed E-state index contributed by atoms with van der Waals surface area (Å²) in [6.07, 6.45) is 5.58. The average Bonchev–Trinajstić information content (AvgIpc) is 2.73. The monoisotopic (exact) mass is 418 g/mol. The number of carbonyl (C=O) groups excluding carboxylic acids is 1. The number of hydrogen-bond acceptors (Lipinski definition) is 5. The highest BCUT2D eigenvalue weighted by atomic mass is 35.5. The number of piperazine rings is 1. The number of halogens is 1. The van der Waals surface area contributed by atoms with Crippen molar-refractivity contribution in [3.05, 3.63) is 23.2 Å². The normalized spacial score (nSPS) is 22.7. The quantitative estimate of drug-likeness (QED) is 0.734. The van der Waals surface area contributed by atoms with Crippen LogP contribution in [0.2, 0.25) is 5.02 Å². The van der Waals surface area contributed by atoms with Crippen molar-refractivity contribution in [1.29, 1.82) is 5.26 Å². The Bertz CT molecular complexity index is 720. The lowest BCUT2D eigenvalue weighted by molar-refractivity contribution is -0.121. The van der Waals surface area contributed by atoms with Gasteiger partial charge in [0.05, 0.1) is 23.9 Å². The fourth-order valence-corrected chi connectivity index (χ4v) is 4.72. The molecule has 1 aliphatic carbocycles. The summed E-state index contributed by atoms with van der Waals surface area (Å²) in [5.74, 6) is 1.37. The molecule has 0 spiro atoms. The molecule has 1 aromatic carbocycles. The molecule has 1 aromatic rings. The predicted octanol–water partition coefficient (Wildman–Crippen LogP) is 3.45. The van der Waals surface area contributed by atoms with Gasteiger partial charge in [-0.15, -0.1) is 0 Å². The molecule has 0 radical (unpaired) electrons. The first kappa shape index (κ1) is 21.7. The maximum atomic E-state index is 11.6. The number of ether oxygens (including phenoxy) is 1. The largest absolute Gasteiger partial charge is 0.493 e. The van der Waals surface area contributed by atoms with Gasteiger partial charge in [0.2, 0.25) is 5.91 Å². The summed E-state index contributed by atoms with van der Waals surface area (Å²) < 4.78 is 5.50. The zero-order valence-corrected chi connectivity index (χ0v) is 18.0. The van der Waals surface area contributed by atoms with Crippen LogP contribution in [0.3, 0.4) is 0 Å². The smallest absolute Gasteiger partial charge is 0.234 e. The van der Waals surface area contributed by atoms with Crippen molar-refractivity contribution in [2.45, 2.75) is 44.6 Å². The lowest BCUT2D eigenvalue weighted by Crippen LogP contribution is -2.47. The van der Waals surface area contributed by atoms with Gasteiger partial charge in [-0.05, 0) is 56.7 Å². The van der Waals surface area contributed by atoms with Gasteiger partial charge in [-0.1, -0.05) is 17.7 Å². The van der Waals surface area contributed by atoms with E-state index in [9.17, 15) is 4.79 Å². The molecule has 0 bridgehead atoms. The van der Waals surface area contributed by atoms with E-state index in [1.807, 2.05) is 18.2 Å². The Morgan fingerprint density at radius 3 is 2.62 bits per heavy atom. The van der Waals surface area contributed by atoms with Crippen LogP contribution in [0.4, 0.5) is 5.69 Å². The van der Waals surface area contributed by atoms with Crippen LogP contribution in [0.25, 0.3) is 0 Å². The van der Waals surface area contributed by atoms with Crippen LogP contribution in [0.5, 0.6) is 5.75 Å².